The first-order valence-electron chi connectivity index (χ1n) is 8.72. The van der Waals surface area contributed by atoms with E-state index in [1.165, 1.54) is 6.07 Å². The van der Waals surface area contributed by atoms with Crippen molar-refractivity contribution < 1.29 is 19.2 Å². The summed E-state index contributed by atoms with van der Waals surface area (Å²) >= 11 is 0. The van der Waals surface area contributed by atoms with Crippen LogP contribution in [0.5, 0.6) is 11.5 Å². The molecule has 0 saturated heterocycles. The van der Waals surface area contributed by atoms with E-state index >= 15 is 0 Å². The second kappa shape index (κ2) is 10.0. The van der Waals surface area contributed by atoms with Crippen molar-refractivity contribution >= 4 is 23.0 Å². The molecule has 0 bridgehead atoms. The van der Waals surface area contributed by atoms with Crippen molar-refractivity contribution in [1.29, 1.82) is 0 Å². The van der Waals surface area contributed by atoms with Crippen molar-refractivity contribution in [3.8, 4) is 11.5 Å². The molecule has 0 aliphatic carbocycles. The lowest BCUT2D eigenvalue weighted by atomic mass is 10.2. The van der Waals surface area contributed by atoms with Gasteiger partial charge in [-0.05, 0) is 32.0 Å². The Labute approximate surface area is 157 Å². The highest BCUT2D eigenvalue weighted by Crippen LogP contribution is 2.30. The molecule has 144 valence electrons. The van der Waals surface area contributed by atoms with E-state index in [1.807, 2.05) is 13.8 Å². The van der Waals surface area contributed by atoms with E-state index in [9.17, 15) is 14.9 Å². The van der Waals surface area contributed by atoms with Crippen molar-refractivity contribution in [2.75, 3.05) is 30.4 Å². The maximum atomic E-state index is 12.1. The largest absolute Gasteiger partial charge is 0.490 e. The maximum absolute atomic E-state index is 12.1. The number of nitrogens with zero attached hydrogens (tertiary/aromatic N) is 1. The number of ether oxygens (including phenoxy) is 2. The highest BCUT2D eigenvalue weighted by Gasteiger charge is 2.12. The molecule has 0 unspecified atom stereocenters. The lowest BCUT2D eigenvalue weighted by Crippen LogP contribution is -2.16. The Bertz CT molecular complexity index is 795. The lowest BCUT2D eigenvalue weighted by Gasteiger charge is -2.13. The number of hydrogen-bond donors (Lipinski definition) is 2. The molecule has 2 rings (SSSR count). The van der Waals surface area contributed by atoms with Gasteiger partial charge in [0.25, 0.3) is 5.69 Å². The summed E-state index contributed by atoms with van der Waals surface area (Å²) in [5, 5.41) is 16.7. The number of carbonyl (C=O) groups excluding carboxylic acids is 1. The Morgan fingerprint density at radius 1 is 1.07 bits per heavy atom. The van der Waals surface area contributed by atoms with Gasteiger partial charge < -0.3 is 20.1 Å². The molecule has 2 N–H and O–H groups in total. The van der Waals surface area contributed by atoms with E-state index in [-0.39, 0.29) is 24.6 Å². The quantitative estimate of drug-likeness (QED) is 0.485. The van der Waals surface area contributed by atoms with E-state index in [0.717, 1.165) is 0 Å². The fourth-order valence-corrected chi connectivity index (χ4v) is 2.45. The molecule has 0 heterocycles. The van der Waals surface area contributed by atoms with Crippen LogP contribution in [-0.4, -0.2) is 30.6 Å². The first-order chi connectivity index (χ1) is 13.0. The zero-order valence-electron chi connectivity index (χ0n) is 15.4. The minimum atomic E-state index is -0.461. The van der Waals surface area contributed by atoms with Gasteiger partial charge in [0.15, 0.2) is 11.5 Å². The summed E-state index contributed by atoms with van der Waals surface area (Å²) in [4.78, 5) is 22.7. The van der Waals surface area contributed by atoms with Gasteiger partial charge in [0.05, 0.1) is 18.1 Å². The highest BCUT2D eigenvalue weighted by molar-refractivity contribution is 5.91. The van der Waals surface area contributed by atoms with E-state index in [0.29, 0.717) is 36.1 Å². The van der Waals surface area contributed by atoms with Crippen molar-refractivity contribution in [2.24, 2.45) is 0 Å². The standard InChI is InChI=1S/C19H23N3O5/c1-3-26-17-10-9-14(13-18(17)27-4-2)21-19(23)11-12-20-15-7-5-6-8-16(15)22(24)25/h5-10,13,20H,3-4,11-12H2,1-2H3,(H,21,23). The third-order valence-electron chi connectivity index (χ3n) is 3.60. The fraction of sp³-hybridized carbons (Fsp3) is 0.316. The lowest BCUT2D eigenvalue weighted by molar-refractivity contribution is -0.384. The van der Waals surface area contributed by atoms with Gasteiger partial charge in [0, 0.05) is 30.8 Å². The van der Waals surface area contributed by atoms with Crippen molar-refractivity contribution in [2.45, 2.75) is 20.3 Å². The summed E-state index contributed by atoms with van der Waals surface area (Å²) in [5.74, 6) is 0.971. The highest BCUT2D eigenvalue weighted by atomic mass is 16.6. The SMILES string of the molecule is CCOc1ccc(NC(=O)CCNc2ccccc2[N+](=O)[O-])cc1OCC. The van der Waals surface area contributed by atoms with Crippen LogP contribution in [0.2, 0.25) is 0 Å². The fourth-order valence-electron chi connectivity index (χ4n) is 2.45. The number of para-hydroxylation sites is 2. The van der Waals surface area contributed by atoms with Crippen molar-refractivity contribution in [1.82, 2.24) is 0 Å². The molecule has 0 aliphatic heterocycles. The van der Waals surface area contributed by atoms with Crippen LogP contribution in [0.25, 0.3) is 0 Å². The van der Waals surface area contributed by atoms with Gasteiger partial charge in [0.2, 0.25) is 5.91 Å². The summed E-state index contributed by atoms with van der Waals surface area (Å²) in [7, 11) is 0. The number of anilines is 2. The molecule has 0 radical (unpaired) electrons. The number of nitro groups is 1. The molecular weight excluding hydrogens is 350 g/mol. The van der Waals surface area contributed by atoms with Gasteiger partial charge in [-0.2, -0.15) is 0 Å². The van der Waals surface area contributed by atoms with Crippen LogP contribution in [0.4, 0.5) is 17.1 Å². The Morgan fingerprint density at radius 2 is 1.78 bits per heavy atom. The predicted octanol–water partition coefficient (Wildman–Crippen LogP) is 3.83. The van der Waals surface area contributed by atoms with E-state index in [1.54, 1.807) is 36.4 Å². The van der Waals surface area contributed by atoms with Crippen molar-refractivity contribution in [3.05, 3.63) is 52.6 Å². The predicted molar refractivity (Wildman–Crippen MR) is 104 cm³/mol. The number of amides is 1. The molecule has 0 saturated carbocycles. The molecule has 0 aliphatic rings. The van der Waals surface area contributed by atoms with Gasteiger partial charge in [-0.25, -0.2) is 0 Å². The third kappa shape index (κ3) is 5.88. The van der Waals surface area contributed by atoms with E-state index in [4.69, 9.17) is 9.47 Å². The number of rotatable bonds is 10. The van der Waals surface area contributed by atoms with Crippen LogP contribution in [0, 0.1) is 10.1 Å². The molecule has 0 spiro atoms. The summed E-state index contributed by atoms with van der Waals surface area (Å²) < 4.78 is 11.0. The van der Waals surface area contributed by atoms with Crippen LogP contribution in [0.3, 0.4) is 0 Å². The molecule has 27 heavy (non-hydrogen) atoms. The number of nitrogens with one attached hydrogen (secondary N) is 2. The summed E-state index contributed by atoms with van der Waals surface area (Å²) in [6.45, 7) is 5.03. The Morgan fingerprint density at radius 3 is 2.48 bits per heavy atom. The van der Waals surface area contributed by atoms with Crippen LogP contribution in [0.1, 0.15) is 20.3 Å². The normalized spacial score (nSPS) is 10.1. The zero-order valence-corrected chi connectivity index (χ0v) is 15.4. The average molecular weight is 373 g/mol. The van der Waals surface area contributed by atoms with Crippen LogP contribution >= 0.6 is 0 Å². The zero-order chi connectivity index (χ0) is 19.6. The topological polar surface area (TPSA) is 103 Å². The molecule has 8 nitrogen and oxygen atoms in total. The number of carbonyl (C=O) groups is 1. The first kappa shape index (κ1) is 20.0. The smallest absolute Gasteiger partial charge is 0.292 e. The van der Waals surface area contributed by atoms with Crippen LogP contribution in [0.15, 0.2) is 42.5 Å². The van der Waals surface area contributed by atoms with Gasteiger partial charge in [0.1, 0.15) is 5.69 Å². The van der Waals surface area contributed by atoms with Crippen LogP contribution in [-0.2, 0) is 4.79 Å². The Hall–Kier alpha value is -3.29. The number of benzene rings is 2. The molecule has 8 heteroatoms. The summed E-state index contributed by atoms with van der Waals surface area (Å²) in [5.41, 5.74) is 0.957. The maximum Gasteiger partial charge on any atom is 0.292 e. The van der Waals surface area contributed by atoms with Gasteiger partial charge in [-0.1, -0.05) is 12.1 Å². The minimum absolute atomic E-state index is 0.0224. The average Bonchev–Trinajstić information content (AvgIpc) is 2.64. The summed E-state index contributed by atoms with van der Waals surface area (Å²) in [6, 6.07) is 11.5. The van der Waals surface area contributed by atoms with Gasteiger partial charge >= 0.3 is 0 Å². The number of hydrogen-bond acceptors (Lipinski definition) is 6. The molecule has 0 fully saturated rings. The molecule has 2 aromatic rings. The summed E-state index contributed by atoms with van der Waals surface area (Å²) in [6.07, 6.45) is 0.156. The monoisotopic (exact) mass is 373 g/mol. The molecule has 0 atom stereocenters. The Kier molecular flexibility index (Phi) is 7.42. The van der Waals surface area contributed by atoms with E-state index in [2.05, 4.69) is 10.6 Å². The molecule has 0 aromatic heterocycles. The number of nitro benzene ring substituents is 1. The molecule has 1 amide bonds. The second-order valence-electron chi connectivity index (χ2n) is 5.53. The van der Waals surface area contributed by atoms with Gasteiger partial charge in [-0.3, -0.25) is 14.9 Å². The molecule has 2 aromatic carbocycles. The minimum Gasteiger partial charge on any atom is -0.490 e. The van der Waals surface area contributed by atoms with Gasteiger partial charge in [-0.15, -0.1) is 0 Å². The van der Waals surface area contributed by atoms with Crippen LogP contribution < -0.4 is 20.1 Å². The van der Waals surface area contributed by atoms with Crippen molar-refractivity contribution in [3.63, 3.8) is 0 Å². The molecular formula is C19H23N3O5. The van der Waals surface area contributed by atoms with E-state index < -0.39 is 4.92 Å². The second-order valence-corrected chi connectivity index (χ2v) is 5.53. The Balaban J connectivity index is 1.92. The first-order valence-corrected chi connectivity index (χ1v) is 8.72. The third-order valence-corrected chi connectivity index (χ3v) is 3.60.